The molecule has 2 rings (SSSR count). The number of halogens is 2. The Labute approximate surface area is 144 Å². The van der Waals surface area contributed by atoms with Crippen molar-refractivity contribution in [1.29, 1.82) is 0 Å². The fraction of sp³-hybridized carbons (Fsp3) is 0.471. The summed E-state index contributed by atoms with van der Waals surface area (Å²) in [4.78, 5) is 0. The monoisotopic (exact) mass is 388 g/mol. The van der Waals surface area contributed by atoms with E-state index >= 15 is 0 Å². The minimum Gasteiger partial charge on any atom is -1.00 e. The van der Waals surface area contributed by atoms with Gasteiger partial charge in [0.05, 0.1) is 0 Å². The van der Waals surface area contributed by atoms with Crippen LogP contribution in [0.15, 0.2) is 42.0 Å². The van der Waals surface area contributed by atoms with Crippen molar-refractivity contribution in [3.8, 4) is 0 Å². The van der Waals surface area contributed by atoms with Crippen LogP contribution in [0.5, 0.6) is 0 Å². The molecule has 0 saturated carbocycles. The first-order valence-corrected chi connectivity index (χ1v) is 10.6. The van der Waals surface area contributed by atoms with E-state index in [1.54, 1.807) is 14.4 Å². The fourth-order valence-corrected chi connectivity index (χ4v) is 11.6. The van der Waals surface area contributed by atoms with Crippen molar-refractivity contribution >= 4 is 3.21 Å². The van der Waals surface area contributed by atoms with Gasteiger partial charge in [-0.05, 0) is 0 Å². The summed E-state index contributed by atoms with van der Waals surface area (Å²) in [5.74, 6) is 1.34. The van der Waals surface area contributed by atoms with Crippen LogP contribution in [0.3, 0.4) is 0 Å². The number of hydrogen-bond acceptors (Lipinski definition) is 0. The van der Waals surface area contributed by atoms with Gasteiger partial charge in [0.2, 0.25) is 0 Å². The smallest absolute Gasteiger partial charge is 1.00 e. The van der Waals surface area contributed by atoms with Gasteiger partial charge in [-0.15, -0.1) is 0 Å². The number of allylic oxidation sites excluding steroid dienone is 8. The minimum absolute atomic E-state index is 0. The van der Waals surface area contributed by atoms with E-state index in [-0.39, 0.29) is 24.8 Å². The Hall–Kier alpha value is 0.293. The van der Waals surface area contributed by atoms with Crippen LogP contribution in [0.2, 0.25) is 0 Å². The average Bonchev–Trinajstić information content (AvgIpc) is 2.78. The molecule has 0 aromatic heterocycles. The van der Waals surface area contributed by atoms with E-state index < -0.39 is 21.3 Å². The van der Waals surface area contributed by atoms with Crippen LogP contribution in [0.4, 0.5) is 0 Å². The van der Waals surface area contributed by atoms with E-state index in [1.165, 1.54) is 0 Å². The van der Waals surface area contributed by atoms with Gasteiger partial charge in [-0.2, -0.15) is 0 Å². The van der Waals surface area contributed by atoms with Crippen LogP contribution in [-0.4, -0.2) is 3.21 Å². The SMILES string of the molecule is CC1=[C]([Zr+2]([C]2=C(C)C=CC2C)=[C](C)C)C(C)C=C1.[Cl-].[Cl-]. The molecule has 2 aliphatic rings. The first kappa shape index (κ1) is 20.3. The van der Waals surface area contributed by atoms with Gasteiger partial charge in [-0.3, -0.25) is 0 Å². The second-order valence-corrected chi connectivity index (χ2v) is 12.8. The molecule has 0 radical (unpaired) electrons. The van der Waals surface area contributed by atoms with E-state index in [0.717, 1.165) is 0 Å². The zero-order valence-electron chi connectivity index (χ0n) is 13.2. The van der Waals surface area contributed by atoms with Gasteiger partial charge >= 0.3 is 120 Å². The van der Waals surface area contributed by atoms with Gasteiger partial charge in [0.1, 0.15) is 0 Å². The standard InChI is InChI=1S/2C7H9.C3H6.2ClH.Zr/c2*1-6-3-4-7(2)5-6;1-3-2;;;/h2*3-4,6H,1-2H3;1-2H3;2*1H;/q;;;;;+2/p-2. The zero-order chi connectivity index (χ0) is 13.4. The van der Waals surface area contributed by atoms with Crippen molar-refractivity contribution in [1.82, 2.24) is 0 Å². The van der Waals surface area contributed by atoms with Crippen molar-refractivity contribution < 1.29 is 46.1 Å². The van der Waals surface area contributed by atoms with Crippen LogP contribution in [-0.2, 0) is 21.3 Å². The number of rotatable bonds is 2. The van der Waals surface area contributed by atoms with E-state index in [2.05, 4.69) is 65.8 Å². The maximum atomic E-state index is 2.39. The molecular weight excluding hydrogens is 366 g/mol. The summed E-state index contributed by atoms with van der Waals surface area (Å²) in [7, 11) is 0. The maximum absolute atomic E-state index is 2.39. The summed E-state index contributed by atoms with van der Waals surface area (Å²) < 4.78 is 5.33. The Morgan fingerprint density at radius 1 is 0.850 bits per heavy atom. The summed E-state index contributed by atoms with van der Waals surface area (Å²) >= 11 is -1.77. The van der Waals surface area contributed by atoms with E-state index in [1.807, 2.05) is 6.56 Å². The molecule has 0 N–H and O–H groups in total. The molecule has 2 unspecified atom stereocenters. The molecule has 3 heteroatoms. The molecule has 0 aromatic carbocycles. The molecule has 2 atom stereocenters. The molecule has 0 bridgehead atoms. The molecule has 0 aromatic rings. The Balaban J connectivity index is 0.00000180. The number of hydrogen-bond donors (Lipinski definition) is 0. The maximum Gasteiger partial charge on any atom is -1.00 e. The predicted octanol–water partition coefficient (Wildman–Crippen LogP) is -1.22. The molecule has 0 fully saturated rings. The summed E-state index contributed by atoms with van der Waals surface area (Å²) in [5.41, 5.74) is 3.11. The first-order chi connectivity index (χ1) is 8.43. The van der Waals surface area contributed by atoms with Gasteiger partial charge in [0.15, 0.2) is 0 Å². The molecule has 110 valence electrons. The molecule has 0 amide bonds. The van der Waals surface area contributed by atoms with Crippen molar-refractivity contribution in [2.45, 2.75) is 41.5 Å². The molecule has 0 aliphatic heterocycles. The largest absolute Gasteiger partial charge is 1.00 e. The molecule has 0 saturated heterocycles. The van der Waals surface area contributed by atoms with Gasteiger partial charge in [-0.1, -0.05) is 0 Å². The normalized spacial score (nSPS) is 23.4. The van der Waals surface area contributed by atoms with Gasteiger partial charge in [-0.25, -0.2) is 0 Å². The van der Waals surface area contributed by atoms with Crippen molar-refractivity contribution in [3.63, 3.8) is 0 Å². The van der Waals surface area contributed by atoms with Crippen molar-refractivity contribution in [2.24, 2.45) is 11.8 Å². The fourth-order valence-electron chi connectivity index (χ4n) is 3.20. The topological polar surface area (TPSA) is 0 Å². The summed E-state index contributed by atoms with van der Waals surface area (Å²) in [6.07, 6.45) is 9.45. The van der Waals surface area contributed by atoms with Crippen molar-refractivity contribution in [3.05, 3.63) is 42.0 Å². The first-order valence-electron chi connectivity index (χ1n) is 6.89. The van der Waals surface area contributed by atoms with E-state index in [4.69, 9.17) is 0 Å². The van der Waals surface area contributed by atoms with Crippen molar-refractivity contribution in [2.75, 3.05) is 0 Å². The quantitative estimate of drug-likeness (QED) is 0.555. The summed E-state index contributed by atoms with van der Waals surface area (Å²) in [6, 6.07) is 0. The minimum atomic E-state index is -1.77. The predicted molar refractivity (Wildman–Crippen MR) is 78.4 cm³/mol. The van der Waals surface area contributed by atoms with E-state index in [0.29, 0.717) is 11.8 Å². The van der Waals surface area contributed by atoms with Gasteiger partial charge in [0.25, 0.3) is 0 Å². The summed E-state index contributed by atoms with van der Waals surface area (Å²) in [6.45, 7) is 14.1. The van der Waals surface area contributed by atoms with Gasteiger partial charge in [0, 0.05) is 0 Å². The Kier molecular flexibility index (Phi) is 8.18. The van der Waals surface area contributed by atoms with Crippen LogP contribution in [0, 0.1) is 11.8 Å². The second kappa shape index (κ2) is 8.07. The Morgan fingerprint density at radius 3 is 1.40 bits per heavy atom. The third kappa shape index (κ3) is 3.73. The van der Waals surface area contributed by atoms with E-state index in [9.17, 15) is 0 Å². The van der Waals surface area contributed by atoms with Crippen LogP contribution in [0.25, 0.3) is 0 Å². The van der Waals surface area contributed by atoms with Crippen LogP contribution >= 0.6 is 0 Å². The molecule has 20 heavy (non-hydrogen) atoms. The van der Waals surface area contributed by atoms with Crippen LogP contribution in [0.1, 0.15) is 41.5 Å². The molecule has 0 nitrogen and oxygen atoms in total. The Bertz CT molecular complexity index is 487. The average molecular weight is 391 g/mol. The zero-order valence-corrected chi connectivity index (χ0v) is 17.2. The molecule has 0 spiro atoms. The molecular formula is C17H24Cl2Zr. The van der Waals surface area contributed by atoms with Crippen LogP contribution < -0.4 is 24.8 Å². The third-order valence-electron chi connectivity index (χ3n) is 4.07. The Morgan fingerprint density at radius 2 is 1.20 bits per heavy atom. The summed E-state index contributed by atoms with van der Waals surface area (Å²) in [5, 5.41) is 0. The molecule has 2 aliphatic carbocycles. The third-order valence-corrected chi connectivity index (χ3v) is 13.4. The second-order valence-electron chi connectivity index (χ2n) is 5.86. The molecule has 0 heterocycles. The van der Waals surface area contributed by atoms with Gasteiger partial charge < -0.3 is 24.8 Å².